The number of hydrogen-bond donors (Lipinski definition) is 3. The van der Waals surface area contributed by atoms with Crippen LogP contribution in [0.15, 0.2) is 24.3 Å². The van der Waals surface area contributed by atoms with Crippen LogP contribution in [0.25, 0.3) is 0 Å². The highest BCUT2D eigenvalue weighted by molar-refractivity contribution is 5.97. The van der Waals surface area contributed by atoms with Crippen molar-refractivity contribution < 1.29 is 9.59 Å². The summed E-state index contributed by atoms with van der Waals surface area (Å²) in [5, 5.41) is 5.23. The van der Waals surface area contributed by atoms with Crippen molar-refractivity contribution in [2.45, 2.75) is 56.9 Å². The summed E-state index contributed by atoms with van der Waals surface area (Å²) in [4.78, 5) is 22.6. The molecule has 4 saturated carbocycles. The molecule has 3 amide bonds. The minimum absolute atomic E-state index is 0.391. The summed E-state index contributed by atoms with van der Waals surface area (Å²) in [5.41, 5.74) is 7.73. The number of urea groups is 1. The largest absolute Gasteiger partial charge is 0.374 e. The second-order valence-electron chi connectivity index (χ2n) is 8.49. The summed E-state index contributed by atoms with van der Waals surface area (Å²) < 4.78 is 0. The molecule has 1 aromatic carbocycles. The molecule has 4 bridgehead atoms. The second kappa shape index (κ2) is 6.04. The van der Waals surface area contributed by atoms with Gasteiger partial charge in [-0.3, -0.25) is 10.1 Å². The van der Waals surface area contributed by atoms with Crippen LogP contribution in [-0.4, -0.2) is 18.0 Å². The first-order valence-electron chi connectivity index (χ1n) is 9.41. The SMILES string of the molecule is C[C@@H](Nc1ccc(C23CC4CC(CC(C4)C2)C3)cc1)C(=O)NC(N)=O. The average Bonchev–Trinajstić information content (AvgIpc) is 2.53. The standard InChI is InChI=1S/C20H27N3O2/c1-12(18(24)23-19(21)25)22-17-4-2-16(3-5-17)20-9-13-6-14(10-20)8-15(7-13)11-20/h2-5,12-15,22H,6-11H2,1H3,(H3,21,23,24,25)/t12-,13?,14?,15?,20?/m1/s1. The molecule has 0 saturated heterocycles. The Balaban J connectivity index is 1.46. The minimum atomic E-state index is -0.823. The molecular weight excluding hydrogens is 314 g/mol. The summed E-state index contributed by atoms with van der Waals surface area (Å²) >= 11 is 0. The fourth-order valence-corrected chi connectivity index (χ4v) is 5.93. The maximum absolute atomic E-state index is 11.8. The molecule has 5 rings (SSSR count). The van der Waals surface area contributed by atoms with Gasteiger partial charge in [-0.25, -0.2) is 4.79 Å². The molecule has 1 aromatic rings. The Morgan fingerprint density at radius 1 is 1.04 bits per heavy atom. The highest BCUT2D eigenvalue weighted by Crippen LogP contribution is 2.60. The zero-order valence-electron chi connectivity index (χ0n) is 14.8. The van der Waals surface area contributed by atoms with Crippen molar-refractivity contribution in [3.63, 3.8) is 0 Å². The molecule has 134 valence electrons. The molecule has 4 fully saturated rings. The van der Waals surface area contributed by atoms with Gasteiger partial charge in [0.15, 0.2) is 0 Å². The number of nitrogens with two attached hydrogens (primary N) is 1. The van der Waals surface area contributed by atoms with Gasteiger partial charge in [-0.15, -0.1) is 0 Å². The maximum Gasteiger partial charge on any atom is 0.318 e. The number of nitrogens with one attached hydrogen (secondary N) is 2. The van der Waals surface area contributed by atoms with Crippen molar-refractivity contribution in [1.29, 1.82) is 0 Å². The van der Waals surface area contributed by atoms with Crippen LogP contribution in [0, 0.1) is 17.8 Å². The van der Waals surface area contributed by atoms with Gasteiger partial charge in [-0.2, -0.15) is 0 Å². The van der Waals surface area contributed by atoms with E-state index in [4.69, 9.17) is 5.73 Å². The molecule has 4 N–H and O–H groups in total. The topological polar surface area (TPSA) is 84.2 Å². The summed E-state index contributed by atoms with van der Waals surface area (Å²) in [7, 11) is 0. The zero-order chi connectivity index (χ0) is 17.6. The fraction of sp³-hybridized carbons (Fsp3) is 0.600. The Morgan fingerprint density at radius 3 is 2.04 bits per heavy atom. The van der Waals surface area contributed by atoms with Crippen LogP contribution in [0.5, 0.6) is 0 Å². The lowest BCUT2D eigenvalue weighted by atomic mass is 9.48. The monoisotopic (exact) mass is 341 g/mol. The fourth-order valence-electron chi connectivity index (χ4n) is 5.93. The Bertz CT molecular complexity index is 647. The number of carbonyl (C=O) groups excluding carboxylic acids is 2. The zero-order valence-corrected chi connectivity index (χ0v) is 14.8. The molecule has 5 nitrogen and oxygen atoms in total. The van der Waals surface area contributed by atoms with E-state index in [2.05, 4.69) is 34.9 Å². The molecule has 0 heterocycles. The summed E-state index contributed by atoms with van der Waals surface area (Å²) in [6, 6.07) is 7.24. The van der Waals surface area contributed by atoms with E-state index in [1.165, 1.54) is 44.1 Å². The van der Waals surface area contributed by atoms with Gasteiger partial charge in [-0.05, 0) is 86.3 Å². The predicted octanol–water partition coefficient (Wildman–Crippen LogP) is 3.15. The first-order valence-corrected chi connectivity index (χ1v) is 9.41. The molecule has 4 aliphatic rings. The molecule has 0 spiro atoms. The van der Waals surface area contributed by atoms with E-state index in [9.17, 15) is 9.59 Å². The van der Waals surface area contributed by atoms with E-state index in [0.29, 0.717) is 5.41 Å². The van der Waals surface area contributed by atoms with Crippen molar-refractivity contribution in [2.24, 2.45) is 23.5 Å². The van der Waals surface area contributed by atoms with Gasteiger partial charge >= 0.3 is 6.03 Å². The smallest absolute Gasteiger partial charge is 0.318 e. The van der Waals surface area contributed by atoms with Gasteiger partial charge in [0.1, 0.15) is 6.04 Å². The molecule has 0 radical (unpaired) electrons. The first kappa shape index (κ1) is 16.4. The Kier molecular flexibility index (Phi) is 3.97. The van der Waals surface area contributed by atoms with Crippen molar-refractivity contribution in [2.75, 3.05) is 5.32 Å². The van der Waals surface area contributed by atoms with Crippen molar-refractivity contribution >= 4 is 17.6 Å². The van der Waals surface area contributed by atoms with Crippen LogP contribution in [0.2, 0.25) is 0 Å². The lowest BCUT2D eigenvalue weighted by Gasteiger charge is -2.57. The van der Waals surface area contributed by atoms with Gasteiger partial charge in [0.05, 0.1) is 0 Å². The molecule has 0 unspecified atom stereocenters. The average molecular weight is 341 g/mol. The summed E-state index contributed by atoms with van der Waals surface area (Å²) in [6.07, 6.45) is 8.40. The Morgan fingerprint density at radius 2 is 1.56 bits per heavy atom. The third-order valence-corrected chi connectivity index (χ3v) is 6.56. The lowest BCUT2D eigenvalue weighted by molar-refractivity contribution is -0.120. The Labute approximate surface area is 148 Å². The number of hydrogen-bond acceptors (Lipinski definition) is 3. The third kappa shape index (κ3) is 3.12. The number of amides is 3. The van der Waals surface area contributed by atoms with E-state index in [0.717, 1.165) is 23.4 Å². The minimum Gasteiger partial charge on any atom is -0.374 e. The summed E-state index contributed by atoms with van der Waals surface area (Å²) in [6.45, 7) is 1.71. The van der Waals surface area contributed by atoms with E-state index in [-0.39, 0.29) is 0 Å². The normalized spacial score (nSPS) is 33.7. The highest BCUT2D eigenvalue weighted by atomic mass is 16.2. The quantitative estimate of drug-likeness (QED) is 0.786. The third-order valence-electron chi connectivity index (χ3n) is 6.56. The molecule has 1 atom stereocenters. The molecule has 5 heteroatoms. The second-order valence-corrected chi connectivity index (χ2v) is 8.49. The molecule has 25 heavy (non-hydrogen) atoms. The van der Waals surface area contributed by atoms with Crippen LogP contribution < -0.4 is 16.4 Å². The number of imide groups is 1. The van der Waals surface area contributed by atoms with Crippen LogP contribution in [0.4, 0.5) is 10.5 Å². The van der Waals surface area contributed by atoms with Gasteiger partial charge in [0, 0.05) is 5.69 Å². The molecule has 4 aliphatic carbocycles. The van der Waals surface area contributed by atoms with Crippen molar-refractivity contribution in [3.8, 4) is 0 Å². The van der Waals surface area contributed by atoms with Gasteiger partial charge in [-0.1, -0.05) is 12.1 Å². The molecule has 0 aliphatic heterocycles. The van der Waals surface area contributed by atoms with Crippen LogP contribution in [-0.2, 0) is 10.2 Å². The first-order chi connectivity index (χ1) is 11.9. The highest BCUT2D eigenvalue weighted by Gasteiger charge is 2.51. The maximum atomic E-state index is 11.8. The van der Waals surface area contributed by atoms with Crippen molar-refractivity contribution in [3.05, 3.63) is 29.8 Å². The Hall–Kier alpha value is -2.04. The van der Waals surface area contributed by atoms with Gasteiger partial charge in [0.2, 0.25) is 5.91 Å². The molecular formula is C20H27N3O2. The van der Waals surface area contributed by atoms with Crippen LogP contribution in [0.1, 0.15) is 51.0 Å². The van der Waals surface area contributed by atoms with Gasteiger partial charge in [0.25, 0.3) is 0 Å². The van der Waals surface area contributed by atoms with E-state index < -0.39 is 18.0 Å². The van der Waals surface area contributed by atoms with E-state index in [1.54, 1.807) is 6.92 Å². The van der Waals surface area contributed by atoms with Crippen LogP contribution >= 0.6 is 0 Å². The number of primary amides is 1. The molecule has 0 aromatic heterocycles. The number of rotatable bonds is 4. The number of anilines is 1. The van der Waals surface area contributed by atoms with Gasteiger partial charge < -0.3 is 11.1 Å². The lowest BCUT2D eigenvalue weighted by Crippen LogP contribution is -2.48. The van der Waals surface area contributed by atoms with Crippen LogP contribution in [0.3, 0.4) is 0 Å². The number of carbonyl (C=O) groups is 2. The van der Waals surface area contributed by atoms with Crippen molar-refractivity contribution in [1.82, 2.24) is 5.32 Å². The van der Waals surface area contributed by atoms with E-state index >= 15 is 0 Å². The predicted molar refractivity (Wildman–Crippen MR) is 97.1 cm³/mol. The van der Waals surface area contributed by atoms with E-state index in [1.807, 2.05) is 0 Å². The summed E-state index contributed by atoms with van der Waals surface area (Å²) in [5.74, 6) is 2.38. The number of benzene rings is 1.